The van der Waals surface area contributed by atoms with Gasteiger partial charge in [-0.05, 0) is 84.7 Å². The second-order valence-electron chi connectivity index (χ2n) is 9.61. The van der Waals surface area contributed by atoms with Gasteiger partial charge in [0.1, 0.15) is 12.4 Å². The molecule has 0 aliphatic heterocycles. The van der Waals surface area contributed by atoms with Gasteiger partial charge in [-0.1, -0.05) is 23.7 Å². The van der Waals surface area contributed by atoms with E-state index in [1.165, 1.54) is 59.5 Å². The smallest absolute Gasteiger partial charge is 0.335 e. The van der Waals surface area contributed by atoms with Gasteiger partial charge in [0, 0.05) is 23.0 Å². The number of aromatic nitrogens is 4. The average Bonchev–Trinajstić information content (AvgIpc) is 3.51. The van der Waals surface area contributed by atoms with E-state index < -0.39 is 29.6 Å². The first-order valence-corrected chi connectivity index (χ1v) is 13.3. The SMILES string of the molecule is CN(C)CC(=O)Nc1cccc([C@H](NC(=O)/C=C/c2c(-n3cnnn3)ccc(Cl)c2F)C(=O)Nc2ccc(C(=O)O)cc2)c1. The zero-order valence-corrected chi connectivity index (χ0v) is 24.1. The van der Waals surface area contributed by atoms with Crippen LogP contribution in [0.5, 0.6) is 0 Å². The molecule has 3 aromatic carbocycles. The molecular weight excluding hydrogens is 595 g/mol. The van der Waals surface area contributed by atoms with Crippen molar-refractivity contribution in [1.82, 2.24) is 30.4 Å². The monoisotopic (exact) mass is 620 g/mol. The van der Waals surface area contributed by atoms with Crippen LogP contribution in [0.1, 0.15) is 27.5 Å². The van der Waals surface area contributed by atoms with Crippen molar-refractivity contribution in [1.29, 1.82) is 0 Å². The summed E-state index contributed by atoms with van der Waals surface area (Å²) in [7, 11) is 3.48. The summed E-state index contributed by atoms with van der Waals surface area (Å²) in [5.74, 6) is -3.68. The highest BCUT2D eigenvalue weighted by molar-refractivity contribution is 6.31. The first-order chi connectivity index (χ1) is 21.0. The van der Waals surface area contributed by atoms with E-state index in [0.29, 0.717) is 11.3 Å². The molecule has 226 valence electrons. The van der Waals surface area contributed by atoms with Gasteiger partial charge in [-0.25, -0.2) is 9.18 Å². The number of nitrogens with one attached hydrogen (secondary N) is 3. The van der Waals surface area contributed by atoms with Crippen LogP contribution in [0.2, 0.25) is 5.02 Å². The minimum absolute atomic E-state index is 0.0217. The van der Waals surface area contributed by atoms with Crippen molar-refractivity contribution in [2.45, 2.75) is 6.04 Å². The minimum Gasteiger partial charge on any atom is -0.478 e. The quantitative estimate of drug-likeness (QED) is 0.184. The van der Waals surface area contributed by atoms with E-state index in [4.69, 9.17) is 16.7 Å². The second kappa shape index (κ2) is 14.1. The molecule has 44 heavy (non-hydrogen) atoms. The van der Waals surface area contributed by atoms with Crippen LogP contribution in [0.25, 0.3) is 11.8 Å². The third kappa shape index (κ3) is 8.08. The Bertz CT molecular complexity index is 1710. The van der Waals surface area contributed by atoms with Gasteiger partial charge in [-0.3, -0.25) is 14.4 Å². The number of rotatable bonds is 11. The Morgan fingerprint density at radius 1 is 1.05 bits per heavy atom. The zero-order valence-electron chi connectivity index (χ0n) is 23.4. The van der Waals surface area contributed by atoms with E-state index in [2.05, 4.69) is 31.5 Å². The number of hydrogen-bond donors (Lipinski definition) is 4. The fraction of sp³-hybridized carbons (Fsp3) is 0.138. The van der Waals surface area contributed by atoms with Gasteiger partial charge in [0.2, 0.25) is 11.8 Å². The second-order valence-corrected chi connectivity index (χ2v) is 10.0. The Kier molecular flexibility index (Phi) is 10.1. The van der Waals surface area contributed by atoms with E-state index in [9.17, 15) is 23.6 Å². The van der Waals surface area contributed by atoms with Gasteiger partial charge >= 0.3 is 5.97 Å². The first kappa shape index (κ1) is 31.5. The predicted octanol–water partition coefficient (Wildman–Crippen LogP) is 3.16. The van der Waals surface area contributed by atoms with Crippen LogP contribution in [0, 0.1) is 5.82 Å². The molecule has 0 saturated heterocycles. The van der Waals surface area contributed by atoms with Crippen LogP contribution in [-0.2, 0) is 14.4 Å². The Labute approximate surface area is 255 Å². The summed E-state index contributed by atoms with van der Waals surface area (Å²) >= 11 is 5.96. The van der Waals surface area contributed by atoms with E-state index in [0.717, 1.165) is 6.08 Å². The molecule has 4 N–H and O–H groups in total. The molecule has 0 aliphatic carbocycles. The highest BCUT2D eigenvalue weighted by Crippen LogP contribution is 2.26. The van der Waals surface area contributed by atoms with E-state index in [-0.39, 0.29) is 40.0 Å². The molecule has 0 aliphatic rings. The van der Waals surface area contributed by atoms with Crippen molar-refractivity contribution in [3.8, 4) is 5.69 Å². The number of carbonyl (C=O) groups excluding carboxylic acids is 3. The van der Waals surface area contributed by atoms with Gasteiger partial charge in [0.15, 0.2) is 5.82 Å². The lowest BCUT2D eigenvalue weighted by molar-refractivity contribution is -0.123. The van der Waals surface area contributed by atoms with Gasteiger partial charge in [0.25, 0.3) is 5.91 Å². The van der Waals surface area contributed by atoms with Gasteiger partial charge in [0.05, 0.1) is 22.8 Å². The summed E-state index contributed by atoms with van der Waals surface area (Å²) in [6, 6.07) is 13.3. The molecule has 15 heteroatoms. The molecule has 0 fully saturated rings. The molecule has 1 heterocycles. The molecule has 4 rings (SSSR count). The maximum atomic E-state index is 15.0. The number of halogens is 2. The molecule has 0 saturated carbocycles. The summed E-state index contributed by atoms with van der Waals surface area (Å²) in [6.45, 7) is 0.120. The Morgan fingerprint density at radius 2 is 1.80 bits per heavy atom. The van der Waals surface area contributed by atoms with Crippen LogP contribution < -0.4 is 16.0 Å². The van der Waals surface area contributed by atoms with Crippen LogP contribution in [-0.4, -0.2) is 74.5 Å². The number of carboxylic acids is 1. The molecule has 0 spiro atoms. The first-order valence-electron chi connectivity index (χ1n) is 12.9. The molecule has 1 atom stereocenters. The Balaban J connectivity index is 1.62. The predicted molar refractivity (Wildman–Crippen MR) is 160 cm³/mol. The van der Waals surface area contributed by atoms with Crippen LogP contribution in [0.15, 0.2) is 73.1 Å². The normalized spacial score (nSPS) is 11.8. The molecular formula is C29H26ClFN8O5. The number of carboxylic acid groups (broad SMARTS) is 1. The van der Waals surface area contributed by atoms with Crippen molar-refractivity contribution in [2.75, 3.05) is 31.3 Å². The number of anilines is 2. The van der Waals surface area contributed by atoms with Crippen molar-refractivity contribution in [3.05, 3.63) is 101 Å². The Morgan fingerprint density at radius 3 is 2.45 bits per heavy atom. The lowest BCUT2D eigenvalue weighted by Crippen LogP contribution is -2.36. The van der Waals surface area contributed by atoms with Crippen LogP contribution in [0.4, 0.5) is 15.8 Å². The number of amides is 3. The lowest BCUT2D eigenvalue weighted by Gasteiger charge is -2.19. The average molecular weight is 621 g/mol. The summed E-state index contributed by atoms with van der Waals surface area (Å²) in [4.78, 5) is 51.8. The third-order valence-corrected chi connectivity index (χ3v) is 6.31. The minimum atomic E-state index is -1.29. The number of carbonyl (C=O) groups is 4. The summed E-state index contributed by atoms with van der Waals surface area (Å²) in [6.07, 6.45) is 3.44. The van der Waals surface area contributed by atoms with Crippen molar-refractivity contribution >= 4 is 52.7 Å². The number of tetrazole rings is 1. The summed E-state index contributed by atoms with van der Waals surface area (Å²) < 4.78 is 16.2. The number of aromatic carboxylic acids is 1. The van der Waals surface area contributed by atoms with Gasteiger partial charge < -0.3 is 26.0 Å². The molecule has 4 aromatic rings. The maximum absolute atomic E-state index is 15.0. The van der Waals surface area contributed by atoms with Crippen molar-refractivity contribution in [2.24, 2.45) is 0 Å². The molecule has 0 bridgehead atoms. The molecule has 3 amide bonds. The van der Waals surface area contributed by atoms with Crippen molar-refractivity contribution < 1.29 is 28.7 Å². The Hall–Kier alpha value is -5.47. The summed E-state index contributed by atoms with van der Waals surface area (Å²) in [5.41, 5.74) is 1.13. The largest absolute Gasteiger partial charge is 0.478 e. The zero-order chi connectivity index (χ0) is 31.8. The number of likely N-dealkylation sites (N-methyl/N-ethyl adjacent to an activating group) is 1. The molecule has 13 nitrogen and oxygen atoms in total. The lowest BCUT2D eigenvalue weighted by atomic mass is 10.0. The summed E-state index contributed by atoms with van der Waals surface area (Å²) in [5, 5.41) is 27.8. The molecule has 0 radical (unpaired) electrons. The molecule has 1 aromatic heterocycles. The van der Waals surface area contributed by atoms with Crippen molar-refractivity contribution in [3.63, 3.8) is 0 Å². The standard InChI is InChI=1S/C29H26ClFN8O5/c1-38(2)15-25(41)33-20-5-3-4-18(14-20)27(28(42)34-19-8-6-17(7-9-19)29(43)44)35-24(40)13-10-21-23(39-16-32-36-37-39)12-11-22(30)26(21)31/h3-14,16,27H,15H2,1-2H3,(H,33,41)(H,34,42)(H,35,40)(H,43,44)/b13-10+/t27-/m0/s1. The number of hydrogen-bond acceptors (Lipinski definition) is 8. The van der Waals surface area contributed by atoms with Crippen LogP contribution >= 0.6 is 11.6 Å². The van der Waals surface area contributed by atoms with E-state index in [1.807, 2.05) is 0 Å². The van der Waals surface area contributed by atoms with Gasteiger partial charge in [-0.2, -0.15) is 4.68 Å². The number of nitrogens with zero attached hydrogens (tertiary/aromatic N) is 5. The van der Waals surface area contributed by atoms with E-state index >= 15 is 0 Å². The van der Waals surface area contributed by atoms with E-state index in [1.54, 1.807) is 37.2 Å². The fourth-order valence-corrected chi connectivity index (χ4v) is 4.19. The van der Waals surface area contributed by atoms with Gasteiger partial charge in [-0.15, -0.1) is 5.10 Å². The topological polar surface area (TPSA) is 171 Å². The maximum Gasteiger partial charge on any atom is 0.335 e. The fourth-order valence-electron chi connectivity index (χ4n) is 4.03. The third-order valence-electron chi connectivity index (χ3n) is 6.02. The highest BCUT2D eigenvalue weighted by Gasteiger charge is 2.23. The highest BCUT2D eigenvalue weighted by atomic mass is 35.5. The molecule has 0 unspecified atom stereocenters. The number of benzene rings is 3. The van der Waals surface area contributed by atoms with Crippen LogP contribution in [0.3, 0.4) is 0 Å².